The van der Waals surface area contributed by atoms with Gasteiger partial charge in [0.25, 0.3) is 0 Å². The van der Waals surface area contributed by atoms with Crippen molar-refractivity contribution in [1.29, 1.82) is 0 Å². The van der Waals surface area contributed by atoms with Crippen molar-refractivity contribution >= 4 is 0 Å². The van der Waals surface area contributed by atoms with Crippen LogP contribution in [-0.4, -0.2) is 30.9 Å². The zero-order chi connectivity index (χ0) is 15.8. The molecule has 1 rings (SSSR count). The summed E-state index contributed by atoms with van der Waals surface area (Å²) in [6.45, 7) is 10.5. The van der Waals surface area contributed by atoms with Crippen molar-refractivity contribution < 1.29 is 14.2 Å². The van der Waals surface area contributed by atoms with Crippen LogP contribution in [0, 0.1) is 23.6 Å². The third-order valence-corrected chi connectivity index (χ3v) is 3.73. The van der Waals surface area contributed by atoms with Gasteiger partial charge in [-0.1, -0.05) is 27.7 Å². The highest BCUT2D eigenvalue weighted by Crippen LogP contribution is 2.19. The average Bonchev–Trinajstić information content (AvgIpc) is 2.42. The highest BCUT2D eigenvalue weighted by Gasteiger charge is 2.17. The van der Waals surface area contributed by atoms with Crippen LogP contribution in [0.2, 0.25) is 0 Å². The number of rotatable bonds is 9. The third kappa shape index (κ3) is 6.91. The minimum atomic E-state index is -0.574. The topological polar surface area (TPSA) is 41.5 Å². The highest BCUT2D eigenvalue weighted by molar-refractivity contribution is 5.22. The normalized spacial score (nSPS) is 13.2. The molecule has 0 radical (unpaired) electrons. The van der Waals surface area contributed by atoms with E-state index in [-0.39, 0.29) is 12.4 Å². The molecule has 4 heteroatoms. The summed E-state index contributed by atoms with van der Waals surface area (Å²) in [5, 5.41) is 13.2. The second-order valence-electron chi connectivity index (χ2n) is 6.23. The molecule has 1 aromatic rings. The molecule has 1 aromatic carbocycles. The molecule has 0 bridgehead atoms. The Morgan fingerprint density at radius 3 is 2.14 bits per heavy atom. The van der Waals surface area contributed by atoms with Crippen LogP contribution < -0.4 is 10.1 Å². The summed E-state index contributed by atoms with van der Waals surface area (Å²) in [6, 6.07) is 5.80. The van der Waals surface area contributed by atoms with Crippen LogP contribution in [0.3, 0.4) is 0 Å². The van der Waals surface area contributed by atoms with Gasteiger partial charge in [0.2, 0.25) is 0 Å². The summed E-state index contributed by atoms with van der Waals surface area (Å²) in [5.74, 6) is 2.10. The smallest absolute Gasteiger partial charge is 0.123 e. The van der Waals surface area contributed by atoms with E-state index in [4.69, 9.17) is 4.74 Å². The first-order valence-corrected chi connectivity index (χ1v) is 7.67. The largest absolute Gasteiger partial charge is 0.491 e. The number of aliphatic hydroxyl groups excluding tert-OH is 1. The zero-order valence-electron chi connectivity index (χ0n) is 13.5. The first-order valence-electron chi connectivity index (χ1n) is 7.67. The van der Waals surface area contributed by atoms with Gasteiger partial charge in [-0.25, -0.2) is 4.39 Å². The molecule has 2 N–H and O–H groups in total. The van der Waals surface area contributed by atoms with E-state index < -0.39 is 6.10 Å². The van der Waals surface area contributed by atoms with Gasteiger partial charge in [0, 0.05) is 6.54 Å². The Kier molecular flexibility index (Phi) is 7.68. The minimum Gasteiger partial charge on any atom is -0.491 e. The van der Waals surface area contributed by atoms with Crippen LogP contribution in [0.5, 0.6) is 5.75 Å². The Morgan fingerprint density at radius 2 is 1.62 bits per heavy atom. The van der Waals surface area contributed by atoms with Gasteiger partial charge >= 0.3 is 0 Å². The van der Waals surface area contributed by atoms with E-state index in [9.17, 15) is 9.50 Å². The van der Waals surface area contributed by atoms with Crippen LogP contribution in [-0.2, 0) is 0 Å². The number of hydrogen-bond donors (Lipinski definition) is 2. The van der Waals surface area contributed by atoms with Gasteiger partial charge in [-0.3, -0.25) is 0 Å². The summed E-state index contributed by atoms with van der Waals surface area (Å²) in [7, 11) is 0. The Labute approximate surface area is 127 Å². The lowest BCUT2D eigenvalue weighted by Crippen LogP contribution is -2.36. The van der Waals surface area contributed by atoms with Gasteiger partial charge in [-0.05, 0) is 48.6 Å². The summed E-state index contributed by atoms with van der Waals surface area (Å²) in [5.41, 5.74) is 0. The lowest BCUT2D eigenvalue weighted by atomic mass is 9.85. The van der Waals surface area contributed by atoms with Crippen LogP contribution >= 0.6 is 0 Å². The third-order valence-electron chi connectivity index (χ3n) is 3.73. The van der Waals surface area contributed by atoms with Crippen molar-refractivity contribution in [3.63, 3.8) is 0 Å². The van der Waals surface area contributed by atoms with E-state index in [2.05, 4.69) is 33.0 Å². The van der Waals surface area contributed by atoms with Crippen LogP contribution in [0.15, 0.2) is 24.3 Å². The molecule has 0 aliphatic carbocycles. The summed E-state index contributed by atoms with van der Waals surface area (Å²) < 4.78 is 18.2. The van der Waals surface area contributed by atoms with E-state index in [0.29, 0.717) is 30.0 Å². The number of halogens is 1. The lowest BCUT2D eigenvalue weighted by Gasteiger charge is -2.25. The fourth-order valence-electron chi connectivity index (χ4n) is 2.44. The SMILES string of the molecule is CC(C)C(CNCC(O)COc1ccc(F)cc1)C(C)C. The Balaban J connectivity index is 2.24. The fraction of sp³-hybridized carbons (Fsp3) is 0.647. The molecule has 0 spiro atoms. The second kappa shape index (κ2) is 9.00. The van der Waals surface area contributed by atoms with E-state index in [1.807, 2.05) is 0 Å². The molecule has 0 saturated carbocycles. The van der Waals surface area contributed by atoms with E-state index in [0.717, 1.165) is 6.54 Å². The molecule has 0 fully saturated rings. The number of nitrogens with one attached hydrogen (secondary N) is 1. The molecule has 0 aliphatic heterocycles. The highest BCUT2D eigenvalue weighted by atomic mass is 19.1. The Hall–Kier alpha value is -1.13. The Morgan fingerprint density at radius 1 is 1.05 bits per heavy atom. The first kappa shape index (κ1) is 17.9. The Bertz CT molecular complexity index is 384. The van der Waals surface area contributed by atoms with Crippen LogP contribution in [0.4, 0.5) is 4.39 Å². The van der Waals surface area contributed by atoms with E-state index in [1.54, 1.807) is 12.1 Å². The van der Waals surface area contributed by atoms with E-state index >= 15 is 0 Å². The lowest BCUT2D eigenvalue weighted by molar-refractivity contribution is 0.103. The van der Waals surface area contributed by atoms with E-state index in [1.165, 1.54) is 12.1 Å². The molecule has 21 heavy (non-hydrogen) atoms. The predicted molar refractivity (Wildman–Crippen MR) is 83.9 cm³/mol. The molecule has 1 unspecified atom stereocenters. The van der Waals surface area contributed by atoms with Crippen molar-refractivity contribution in [2.45, 2.75) is 33.8 Å². The molecular weight excluding hydrogens is 269 g/mol. The fourth-order valence-corrected chi connectivity index (χ4v) is 2.44. The van der Waals surface area contributed by atoms with Crippen LogP contribution in [0.25, 0.3) is 0 Å². The number of hydrogen-bond acceptors (Lipinski definition) is 3. The van der Waals surface area contributed by atoms with Crippen molar-refractivity contribution in [3.05, 3.63) is 30.1 Å². The second-order valence-corrected chi connectivity index (χ2v) is 6.23. The summed E-state index contributed by atoms with van der Waals surface area (Å²) >= 11 is 0. The molecule has 1 atom stereocenters. The zero-order valence-corrected chi connectivity index (χ0v) is 13.5. The average molecular weight is 297 g/mol. The quantitative estimate of drug-likeness (QED) is 0.736. The van der Waals surface area contributed by atoms with Crippen molar-refractivity contribution in [2.75, 3.05) is 19.7 Å². The van der Waals surface area contributed by atoms with Gasteiger partial charge in [0.05, 0.1) is 0 Å². The number of aliphatic hydroxyl groups is 1. The first-order chi connectivity index (χ1) is 9.90. The van der Waals surface area contributed by atoms with Gasteiger partial charge in [-0.15, -0.1) is 0 Å². The number of ether oxygens (including phenoxy) is 1. The summed E-state index contributed by atoms with van der Waals surface area (Å²) in [4.78, 5) is 0. The molecular formula is C17H28FNO2. The van der Waals surface area contributed by atoms with Crippen molar-refractivity contribution in [1.82, 2.24) is 5.32 Å². The van der Waals surface area contributed by atoms with Gasteiger partial charge in [0.15, 0.2) is 0 Å². The maximum absolute atomic E-state index is 12.7. The van der Waals surface area contributed by atoms with Crippen molar-refractivity contribution in [2.24, 2.45) is 17.8 Å². The van der Waals surface area contributed by atoms with Gasteiger partial charge in [-0.2, -0.15) is 0 Å². The maximum Gasteiger partial charge on any atom is 0.123 e. The van der Waals surface area contributed by atoms with Crippen LogP contribution in [0.1, 0.15) is 27.7 Å². The molecule has 0 aliphatic rings. The summed E-state index contributed by atoms with van der Waals surface area (Å²) in [6.07, 6.45) is -0.574. The monoisotopic (exact) mass is 297 g/mol. The molecule has 0 amide bonds. The molecule has 0 aromatic heterocycles. The predicted octanol–water partition coefficient (Wildman–Crippen LogP) is 3.08. The maximum atomic E-state index is 12.7. The standard InChI is InChI=1S/C17H28FNO2/c1-12(2)17(13(3)4)10-19-9-15(20)11-21-16-7-5-14(18)6-8-16/h5-8,12-13,15,17,19-20H,9-11H2,1-4H3. The van der Waals surface area contributed by atoms with Gasteiger partial charge in [0.1, 0.15) is 24.3 Å². The molecule has 0 heterocycles. The molecule has 3 nitrogen and oxygen atoms in total. The minimum absolute atomic E-state index is 0.201. The molecule has 120 valence electrons. The van der Waals surface area contributed by atoms with Crippen molar-refractivity contribution in [3.8, 4) is 5.75 Å². The molecule has 0 saturated heterocycles. The van der Waals surface area contributed by atoms with Gasteiger partial charge < -0.3 is 15.2 Å². The number of benzene rings is 1.